The number of hydrogen-bond donors (Lipinski definition) is 10. The van der Waals surface area contributed by atoms with Crippen LogP contribution in [0.3, 0.4) is 0 Å². The van der Waals surface area contributed by atoms with E-state index < -0.39 is 42.4 Å². The summed E-state index contributed by atoms with van der Waals surface area (Å²) in [4.78, 5) is 45.9. The third-order valence-corrected chi connectivity index (χ3v) is 9.81. The van der Waals surface area contributed by atoms with E-state index in [2.05, 4.69) is 16.0 Å². The van der Waals surface area contributed by atoms with Crippen molar-refractivity contribution in [1.82, 2.24) is 0 Å². The lowest BCUT2D eigenvalue weighted by molar-refractivity contribution is -0.393. The van der Waals surface area contributed by atoms with Gasteiger partial charge in [-0.25, -0.2) is 0 Å². The molecule has 0 aliphatic rings. The number of aromatic hydroxyl groups is 2. The van der Waals surface area contributed by atoms with Crippen LogP contribution in [0.15, 0.2) is 121 Å². The molecule has 11 N–H and O–H groups in total. The number of nitrogen functional groups attached to an aromatic ring is 1. The topological polar surface area (TPSA) is 363 Å². The standard InChI is InChI=1S/C22H23N5O7.C16H17ClN4O6.C6H7NO.CH4/c28-11-9-25(10-12-29)17-5-1-15(2-6-17)23-19-13-20(24-16-3-7-18(30)8-4-16)22(27(33)34)14-21(19)26(31)32;17-13-9-14(16(21(26)27)10-15(13)20(24)25)18-11-1-3-12(4-2-11)19(5-7-22)6-8-23;7-5-1-3-6(8)4-2-5;/h1-8,13-14,23-24,28-30H,9-12H2;1-4,9-10,18,22-23H,5-8H2;1-4,8H,7H2;1H4. The van der Waals surface area contributed by atoms with Gasteiger partial charge in [0.25, 0.3) is 22.7 Å². The van der Waals surface area contributed by atoms with Crippen molar-refractivity contribution in [2.75, 3.05) is 84.1 Å². The zero-order chi connectivity index (χ0) is 50.6. The van der Waals surface area contributed by atoms with Crippen molar-refractivity contribution in [2.45, 2.75) is 7.43 Å². The normalized spacial score (nSPS) is 10.2. The lowest BCUT2D eigenvalue weighted by Gasteiger charge is -2.23. The molecule has 372 valence electrons. The molecule has 0 saturated heterocycles. The van der Waals surface area contributed by atoms with E-state index in [0.717, 1.165) is 29.6 Å². The van der Waals surface area contributed by atoms with Gasteiger partial charge in [0.05, 0.1) is 58.3 Å². The van der Waals surface area contributed by atoms with Crippen LogP contribution in [-0.2, 0) is 0 Å². The van der Waals surface area contributed by atoms with Crippen molar-refractivity contribution in [3.8, 4) is 11.5 Å². The average Bonchev–Trinajstić information content (AvgIpc) is 3.31. The first-order valence-corrected chi connectivity index (χ1v) is 20.7. The predicted molar refractivity (Wildman–Crippen MR) is 267 cm³/mol. The Kier molecular flexibility index (Phi) is 21.8. The quantitative estimate of drug-likeness (QED) is 0.0151. The predicted octanol–water partition coefficient (Wildman–Crippen LogP) is 7.79. The highest BCUT2D eigenvalue weighted by atomic mass is 35.5. The van der Waals surface area contributed by atoms with Crippen LogP contribution in [0.4, 0.5) is 73.9 Å². The number of rotatable bonds is 20. The molecule has 0 bridgehead atoms. The minimum absolute atomic E-state index is 0. The van der Waals surface area contributed by atoms with Gasteiger partial charge in [-0.05, 0) is 109 Å². The van der Waals surface area contributed by atoms with Crippen LogP contribution in [0.2, 0.25) is 5.02 Å². The molecule has 0 atom stereocenters. The van der Waals surface area contributed by atoms with Crippen molar-refractivity contribution in [1.29, 1.82) is 0 Å². The summed E-state index contributed by atoms with van der Waals surface area (Å²) in [7, 11) is 0. The highest BCUT2D eigenvalue weighted by Crippen LogP contribution is 2.40. The molecular formula is C45H51ClN10O14. The Labute approximate surface area is 404 Å². The van der Waals surface area contributed by atoms with Gasteiger partial charge < -0.3 is 62.1 Å². The second-order valence-corrected chi connectivity index (χ2v) is 14.6. The van der Waals surface area contributed by atoms with Gasteiger partial charge in [0.15, 0.2) is 0 Å². The lowest BCUT2D eigenvalue weighted by atomic mass is 10.1. The van der Waals surface area contributed by atoms with E-state index >= 15 is 0 Å². The van der Waals surface area contributed by atoms with E-state index in [1.807, 2.05) is 0 Å². The molecule has 25 heteroatoms. The van der Waals surface area contributed by atoms with E-state index in [1.165, 1.54) is 30.3 Å². The van der Waals surface area contributed by atoms with Crippen molar-refractivity contribution < 1.29 is 50.3 Å². The van der Waals surface area contributed by atoms with Crippen molar-refractivity contribution in [3.05, 3.63) is 167 Å². The minimum atomic E-state index is -0.787. The van der Waals surface area contributed by atoms with Gasteiger partial charge in [0, 0.05) is 60.3 Å². The number of phenols is 2. The fraction of sp³-hybridized carbons (Fsp3) is 0.200. The number of phenolic OH excluding ortho intramolecular Hbond substituents is 2. The van der Waals surface area contributed by atoms with Crippen LogP contribution >= 0.6 is 11.6 Å². The fourth-order valence-electron chi connectivity index (χ4n) is 6.24. The number of halogens is 1. The van der Waals surface area contributed by atoms with Crippen LogP contribution < -0.4 is 31.5 Å². The van der Waals surface area contributed by atoms with Gasteiger partial charge in [-0.1, -0.05) is 19.0 Å². The minimum Gasteiger partial charge on any atom is -0.508 e. The summed E-state index contributed by atoms with van der Waals surface area (Å²) in [5.74, 6) is 0.269. The molecule has 0 amide bonds. The van der Waals surface area contributed by atoms with Crippen LogP contribution in [-0.4, -0.2) is 103 Å². The summed E-state index contributed by atoms with van der Waals surface area (Å²) in [6, 6.07) is 29.8. The molecule has 0 aliphatic heterocycles. The number of anilines is 9. The second kappa shape index (κ2) is 27.3. The number of nitrogens with one attached hydrogen (secondary N) is 3. The highest BCUT2D eigenvalue weighted by molar-refractivity contribution is 6.33. The molecule has 0 heterocycles. The third kappa shape index (κ3) is 16.4. The zero-order valence-electron chi connectivity index (χ0n) is 36.3. The Hall–Kier alpha value is -8.55. The average molecular weight is 991 g/mol. The van der Waals surface area contributed by atoms with E-state index in [1.54, 1.807) is 82.6 Å². The highest BCUT2D eigenvalue weighted by Gasteiger charge is 2.26. The number of nitrogens with two attached hydrogens (primary N) is 1. The van der Waals surface area contributed by atoms with E-state index in [4.69, 9.17) is 32.7 Å². The Morgan fingerprint density at radius 1 is 0.457 bits per heavy atom. The number of nitro benzene ring substituents is 4. The smallest absolute Gasteiger partial charge is 0.299 e. The van der Waals surface area contributed by atoms with E-state index in [0.29, 0.717) is 48.9 Å². The number of nitrogens with zero attached hydrogens (tertiary/aromatic N) is 6. The fourth-order valence-corrected chi connectivity index (χ4v) is 6.47. The summed E-state index contributed by atoms with van der Waals surface area (Å²) in [6.07, 6.45) is 0. The van der Waals surface area contributed by atoms with Crippen molar-refractivity contribution in [3.63, 3.8) is 0 Å². The molecule has 0 aliphatic carbocycles. The maximum atomic E-state index is 11.6. The third-order valence-electron chi connectivity index (χ3n) is 9.51. The Morgan fingerprint density at radius 2 is 0.743 bits per heavy atom. The molecule has 6 aromatic carbocycles. The largest absolute Gasteiger partial charge is 0.508 e. The molecule has 0 unspecified atom stereocenters. The number of hydrogen-bond acceptors (Lipinski definition) is 20. The zero-order valence-corrected chi connectivity index (χ0v) is 37.0. The van der Waals surface area contributed by atoms with E-state index in [9.17, 15) is 55.8 Å². The van der Waals surface area contributed by atoms with Crippen LogP contribution in [0.1, 0.15) is 7.43 Å². The Bertz CT molecular complexity index is 2630. The summed E-state index contributed by atoms with van der Waals surface area (Å²) in [5.41, 5.74) is 7.00. The molecule has 0 fully saturated rings. The SMILES string of the molecule is C.Nc1ccc(O)cc1.O=[N+]([O-])c1cc([N+](=O)[O-])c(Nc2ccc(N(CCO)CCO)cc2)cc1Cl.O=[N+]([O-])c1cc([N+](=O)[O-])c(Nc2ccc(N(CCO)CCO)cc2)cc1Nc1ccc(O)cc1. The van der Waals surface area contributed by atoms with Gasteiger partial charge >= 0.3 is 0 Å². The van der Waals surface area contributed by atoms with Gasteiger partial charge in [0.1, 0.15) is 33.6 Å². The number of aliphatic hydroxyl groups excluding tert-OH is 4. The first-order valence-electron chi connectivity index (χ1n) is 20.4. The van der Waals surface area contributed by atoms with Crippen molar-refractivity contribution >= 4 is 85.5 Å². The molecule has 24 nitrogen and oxygen atoms in total. The Morgan fingerprint density at radius 3 is 1.04 bits per heavy atom. The van der Waals surface area contributed by atoms with Gasteiger partial charge in [-0.3, -0.25) is 40.5 Å². The lowest BCUT2D eigenvalue weighted by Crippen LogP contribution is -2.29. The molecule has 6 rings (SSSR count). The molecule has 0 saturated carbocycles. The maximum Gasteiger partial charge on any atom is 0.299 e. The number of nitro groups is 4. The molecule has 0 radical (unpaired) electrons. The van der Waals surface area contributed by atoms with Gasteiger partial charge in [-0.15, -0.1) is 0 Å². The molecule has 70 heavy (non-hydrogen) atoms. The van der Waals surface area contributed by atoms with Crippen LogP contribution in [0.25, 0.3) is 0 Å². The monoisotopic (exact) mass is 990 g/mol. The molecule has 0 spiro atoms. The summed E-state index contributed by atoms with van der Waals surface area (Å²) >= 11 is 5.85. The molecule has 0 aromatic heterocycles. The first kappa shape index (κ1) is 55.8. The molecular weight excluding hydrogens is 940 g/mol. The second-order valence-electron chi connectivity index (χ2n) is 14.2. The molecule has 6 aromatic rings. The van der Waals surface area contributed by atoms with Crippen molar-refractivity contribution in [2.24, 2.45) is 0 Å². The number of aliphatic hydroxyl groups is 4. The number of benzene rings is 6. The maximum absolute atomic E-state index is 11.6. The summed E-state index contributed by atoms with van der Waals surface area (Å²) in [5, 5.41) is 108. The first-order chi connectivity index (χ1) is 33.0. The van der Waals surface area contributed by atoms with Crippen LogP contribution in [0.5, 0.6) is 11.5 Å². The van der Waals surface area contributed by atoms with Crippen LogP contribution in [0, 0.1) is 40.5 Å². The van der Waals surface area contributed by atoms with Gasteiger partial charge in [0.2, 0.25) is 0 Å². The van der Waals surface area contributed by atoms with Gasteiger partial charge in [-0.2, -0.15) is 0 Å². The van der Waals surface area contributed by atoms with E-state index in [-0.39, 0.29) is 67.4 Å². The summed E-state index contributed by atoms with van der Waals surface area (Å²) < 4.78 is 0. The summed E-state index contributed by atoms with van der Waals surface area (Å²) in [6.45, 7) is 1.01. The Balaban J connectivity index is 0.000000320.